The summed E-state index contributed by atoms with van der Waals surface area (Å²) in [5.74, 6) is 0.178. The number of phenolic OH excluding ortho intramolecular Hbond substituents is 1. The van der Waals surface area contributed by atoms with Gasteiger partial charge in [-0.25, -0.2) is 0 Å². The van der Waals surface area contributed by atoms with Crippen molar-refractivity contribution >= 4 is 6.21 Å². The minimum absolute atomic E-state index is 0.178. The molecule has 0 bridgehead atoms. The molecule has 0 amide bonds. The second-order valence-electron chi connectivity index (χ2n) is 3.32. The fraction of sp³-hybridized carbons (Fsp3) is 0.154. The summed E-state index contributed by atoms with van der Waals surface area (Å²) in [6, 6.07) is 3.72. The fourth-order valence-corrected chi connectivity index (χ4v) is 1.49. The first-order valence-corrected chi connectivity index (χ1v) is 4.80. The number of allylic oxidation sites excluding steroid dienone is 2. The highest BCUT2D eigenvalue weighted by molar-refractivity contribution is 5.82. The molecule has 0 aliphatic rings. The van der Waals surface area contributed by atoms with Gasteiger partial charge in [0, 0.05) is 11.8 Å². The van der Waals surface area contributed by atoms with E-state index in [1.807, 2.05) is 6.07 Å². The number of phenols is 1. The zero-order valence-corrected chi connectivity index (χ0v) is 8.66. The predicted octanol–water partition coefficient (Wildman–Crippen LogP) is 2.85. The van der Waals surface area contributed by atoms with Crippen LogP contribution in [0.25, 0.3) is 0 Å². The van der Waals surface area contributed by atoms with E-state index < -0.39 is 0 Å². The molecule has 0 aromatic heterocycles. The lowest BCUT2D eigenvalue weighted by atomic mass is 10.0. The minimum atomic E-state index is 0.178. The molecule has 1 aromatic carbocycles. The van der Waals surface area contributed by atoms with Crippen molar-refractivity contribution in [3.05, 3.63) is 54.1 Å². The van der Waals surface area contributed by atoms with Gasteiger partial charge in [-0.2, -0.15) is 0 Å². The standard InChI is InChI=1S/C13H15NO/c1-3-5-10-7-11(6-4-2)13(15)12(8-10)9-14/h3-4,7-9,14-15H,1-2,5-6H2. The summed E-state index contributed by atoms with van der Waals surface area (Å²) < 4.78 is 0. The first-order valence-electron chi connectivity index (χ1n) is 4.80. The number of nitrogens with one attached hydrogen (secondary N) is 1. The lowest BCUT2D eigenvalue weighted by Crippen LogP contribution is -1.93. The van der Waals surface area contributed by atoms with Crippen molar-refractivity contribution in [2.24, 2.45) is 0 Å². The van der Waals surface area contributed by atoms with Crippen LogP contribution in [-0.4, -0.2) is 11.3 Å². The van der Waals surface area contributed by atoms with Gasteiger partial charge in [-0.05, 0) is 30.0 Å². The Kier molecular flexibility index (Phi) is 3.86. The average Bonchev–Trinajstić information content (AvgIpc) is 2.23. The van der Waals surface area contributed by atoms with E-state index in [4.69, 9.17) is 5.41 Å². The van der Waals surface area contributed by atoms with Crippen LogP contribution in [0.3, 0.4) is 0 Å². The zero-order chi connectivity index (χ0) is 11.3. The third-order valence-corrected chi connectivity index (χ3v) is 2.18. The van der Waals surface area contributed by atoms with Gasteiger partial charge in [-0.3, -0.25) is 0 Å². The van der Waals surface area contributed by atoms with Gasteiger partial charge in [-0.1, -0.05) is 18.2 Å². The summed E-state index contributed by atoms with van der Waals surface area (Å²) in [5, 5.41) is 17.0. The largest absolute Gasteiger partial charge is 0.507 e. The molecule has 0 heterocycles. The van der Waals surface area contributed by atoms with E-state index >= 15 is 0 Å². The molecule has 2 N–H and O–H groups in total. The Morgan fingerprint density at radius 1 is 1.20 bits per heavy atom. The number of rotatable bonds is 5. The zero-order valence-electron chi connectivity index (χ0n) is 8.66. The van der Waals surface area contributed by atoms with Crippen LogP contribution in [0.15, 0.2) is 37.4 Å². The molecule has 0 aliphatic carbocycles. The van der Waals surface area contributed by atoms with E-state index in [-0.39, 0.29) is 5.75 Å². The Labute approximate surface area is 90.1 Å². The van der Waals surface area contributed by atoms with Crippen LogP contribution < -0.4 is 0 Å². The lowest BCUT2D eigenvalue weighted by molar-refractivity contribution is 0.468. The van der Waals surface area contributed by atoms with E-state index in [1.165, 1.54) is 0 Å². The second-order valence-corrected chi connectivity index (χ2v) is 3.32. The Hall–Kier alpha value is -1.83. The SMILES string of the molecule is C=CCc1cc(C=N)c(O)c(CC=C)c1. The van der Waals surface area contributed by atoms with Crippen molar-refractivity contribution in [3.8, 4) is 5.75 Å². The van der Waals surface area contributed by atoms with Crippen LogP contribution in [0.2, 0.25) is 0 Å². The van der Waals surface area contributed by atoms with Crippen molar-refractivity contribution in [1.82, 2.24) is 0 Å². The Morgan fingerprint density at radius 2 is 1.87 bits per heavy atom. The summed E-state index contributed by atoms with van der Waals surface area (Å²) >= 11 is 0. The minimum Gasteiger partial charge on any atom is -0.507 e. The number of hydrogen-bond acceptors (Lipinski definition) is 2. The molecule has 1 aromatic rings. The van der Waals surface area contributed by atoms with Crippen LogP contribution >= 0.6 is 0 Å². The van der Waals surface area contributed by atoms with E-state index in [9.17, 15) is 5.11 Å². The summed E-state index contributed by atoms with van der Waals surface area (Å²) in [7, 11) is 0. The van der Waals surface area contributed by atoms with E-state index in [0.29, 0.717) is 12.0 Å². The normalized spacial score (nSPS) is 9.60. The molecular formula is C13H15NO. The number of benzene rings is 1. The molecule has 0 saturated heterocycles. The highest BCUT2D eigenvalue weighted by atomic mass is 16.3. The molecule has 0 radical (unpaired) electrons. The maximum Gasteiger partial charge on any atom is 0.127 e. The second kappa shape index (κ2) is 5.15. The molecule has 2 nitrogen and oxygen atoms in total. The first kappa shape index (κ1) is 11.2. The highest BCUT2D eigenvalue weighted by Gasteiger charge is 2.06. The molecule has 1 rings (SSSR count). The maximum absolute atomic E-state index is 9.79. The topological polar surface area (TPSA) is 44.1 Å². The van der Waals surface area contributed by atoms with Crippen LogP contribution in [0, 0.1) is 5.41 Å². The van der Waals surface area contributed by atoms with Gasteiger partial charge in [0.15, 0.2) is 0 Å². The van der Waals surface area contributed by atoms with Gasteiger partial charge in [0.05, 0.1) is 0 Å². The summed E-state index contributed by atoms with van der Waals surface area (Å²) in [6.07, 6.45) is 6.05. The van der Waals surface area contributed by atoms with Gasteiger partial charge in [0.1, 0.15) is 5.75 Å². The molecule has 15 heavy (non-hydrogen) atoms. The fourth-order valence-electron chi connectivity index (χ4n) is 1.49. The number of hydrogen-bond donors (Lipinski definition) is 2. The van der Waals surface area contributed by atoms with Gasteiger partial charge in [0.25, 0.3) is 0 Å². The molecule has 0 spiro atoms. The molecule has 0 aliphatic heterocycles. The van der Waals surface area contributed by atoms with Crippen molar-refractivity contribution in [2.75, 3.05) is 0 Å². The quantitative estimate of drug-likeness (QED) is 0.558. The van der Waals surface area contributed by atoms with Crippen molar-refractivity contribution in [1.29, 1.82) is 5.41 Å². The molecule has 0 fully saturated rings. The van der Waals surface area contributed by atoms with Crippen molar-refractivity contribution in [2.45, 2.75) is 12.8 Å². The van der Waals surface area contributed by atoms with Crippen LogP contribution in [0.1, 0.15) is 16.7 Å². The Balaban J connectivity index is 3.23. The van der Waals surface area contributed by atoms with Gasteiger partial charge in [0.2, 0.25) is 0 Å². The third kappa shape index (κ3) is 2.56. The lowest BCUT2D eigenvalue weighted by Gasteiger charge is -2.08. The summed E-state index contributed by atoms with van der Waals surface area (Å²) in [5.41, 5.74) is 2.41. The molecule has 0 saturated carbocycles. The molecule has 0 unspecified atom stereocenters. The summed E-state index contributed by atoms with van der Waals surface area (Å²) in [6.45, 7) is 7.31. The van der Waals surface area contributed by atoms with Gasteiger partial charge < -0.3 is 10.5 Å². The maximum atomic E-state index is 9.79. The Morgan fingerprint density at radius 3 is 2.40 bits per heavy atom. The van der Waals surface area contributed by atoms with E-state index in [0.717, 1.165) is 23.8 Å². The molecular weight excluding hydrogens is 186 g/mol. The molecule has 78 valence electrons. The van der Waals surface area contributed by atoms with Gasteiger partial charge >= 0.3 is 0 Å². The van der Waals surface area contributed by atoms with Crippen LogP contribution in [0.4, 0.5) is 0 Å². The van der Waals surface area contributed by atoms with E-state index in [1.54, 1.807) is 18.2 Å². The molecule has 2 heteroatoms. The monoisotopic (exact) mass is 201 g/mol. The predicted molar refractivity (Wildman–Crippen MR) is 63.8 cm³/mol. The first-order chi connectivity index (χ1) is 7.22. The summed E-state index contributed by atoms with van der Waals surface area (Å²) in [4.78, 5) is 0. The van der Waals surface area contributed by atoms with Crippen molar-refractivity contribution in [3.63, 3.8) is 0 Å². The van der Waals surface area contributed by atoms with E-state index in [2.05, 4.69) is 13.2 Å². The average molecular weight is 201 g/mol. The number of aromatic hydroxyl groups is 1. The molecule has 0 atom stereocenters. The van der Waals surface area contributed by atoms with Crippen molar-refractivity contribution < 1.29 is 5.11 Å². The van der Waals surface area contributed by atoms with Crippen LogP contribution in [0.5, 0.6) is 5.75 Å². The highest BCUT2D eigenvalue weighted by Crippen LogP contribution is 2.24. The third-order valence-electron chi connectivity index (χ3n) is 2.18. The smallest absolute Gasteiger partial charge is 0.127 e. The van der Waals surface area contributed by atoms with Crippen LogP contribution in [-0.2, 0) is 12.8 Å². The Bertz CT molecular complexity index is 394. The van der Waals surface area contributed by atoms with Gasteiger partial charge in [-0.15, -0.1) is 13.2 Å².